The van der Waals surface area contributed by atoms with Crippen LogP contribution >= 0.6 is 0 Å². The van der Waals surface area contributed by atoms with Crippen LogP contribution in [0.3, 0.4) is 0 Å². The predicted molar refractivity (Wildman–Crippen MR) is 66.9 cm³/mol. The molecule has 1 fully saturated rings. The minimum atomic E-state index is -0.811. The fourth-order valence-corrected chi connectivity index (χ4v) is 1.65. The van der Waals surface area contributed by atoms with Crippen molar-refractivity contribution in [3.63, 3.8) is 0 Å². The van der Waals surface area contributed by atoms with Gasteiger partial charge in [0.25, 0.3) is 0 Å². The van der Waals surface area contributed by atoms with Crippen LogP contribution in [0.5, 0.6) is 0 Å². The number of carbonyl (C=O) groups is 1. The summed E-state index contributed by atoms with van der Waals surface area (Å²) in [6.07, 6.45) is 7.97. The molecule has 1 aliphatic heterocycles. The quantitative estimate of drug-likeness (QED) is 0.687. The molecule has 0 aliphatic carbocycles. The number of ether oxygens (including phenoxy) is 1. The van der Waals surface area contributed by atoms with Gasteiger partial charge in [-0.1, -0.05) is 30.9 Å². The maximum absolute atomic E-state index is 10.7. The zero-order valence-corrected chi connectivity index (χ0v) is 10.1. The van der Waals surface area contributed by atoms with Gasteiger partial charge in [-0.2, -0.15) is 0 Å². The van der Waals surface area contributed by atoms with Gasteiger partial charge in [-0.05, 0) is 12.5 Å². The highest BCUT2D eigenvalue weighted by atomic mass is 16.5. The van der Waals surface area contributed by atoms with E-state index in [9.17, 15) is 4.79 Å². The average molecular weight is 237 g/mol. The molecule has 17 heavy (non-hydrogen) atoms. The third-order valence-corrected chi connectivity index (χ3v) is 2.69. The maximum Gasteiger partial charge on any atom is 0.320 e. The van der Waals surface area contributed by atoms with E-state index >= 15 is 0 Å². The molecule has 0 unspecified atom stereocenters. The van der Waals surface area contributed by atoms with Crippen molar-refractivity contribution in [2.45, 2.75) is 25.5 Å². The minimum absolute atomic E-state index is 0.0248. The molecule has 0 aromatic rings. The number of carboxylic acids is 1. The maximum atomic E-state index is 10.7. The van der Waals surface area contributed by atoms with Gasteiger partial charge in [-0.3, -0.25) is 4.79 Å². The lowest BCUT2D eigenvalue weighted by Gasteiger charge is -2.10. The van der Waals surface area contributed by atoms with Gasteiger partial charge in [0.15, 0.2) is 0 Å². The number of nitrogens with one attached hydrogen (secondary N) is 1. The summed E-state index contributed by atoms with van der Waals surface area (Å²) in [5, 5.41) is 11.7. The summed E-state index contributed by atoms with van der Waals surface area (Å²) >= 11 is 0. The molecule has 0 radical (unpaired) electrons. The molecule has 2 atom stereocenters. The average Bonchev–Trinajstić information content (AvgIpc) is 2.78. The third-order valence-electron chi connectivity index (χ3n) is 2.69. The molecule has 0 aromatic carbocycles. The van der Waals surface area contributed by atoms with Crippen molar-refractivity contribution < 1.29 is 14.6 Å². The summed E-state index contributed by atoms with van der Waals surface area (Å²) in [6.45, 7) is 6.64. The summed E-state index contributed by atoms with van der Waals surface area (Å²) in [5.74, 6) is -0.811. The molecular formula is C13H19NO3. The Morgan fingerprint density at radius 2 is 2.41 bits per heavy atom. The molecule has 4 heteroatoms. The standard InChI is InChI=1S/C13H19NO3/c1-3-5-6-10(4-2)9-17-11-7-12(13(15)16)14-8-11/h3-6,11-12,14H,1,7-9H2,2H3,(H,15,16)/b6-5-,10-4+/t11-,12+/m1/s1. The third kappa shape index (κ3) is 4.54. The molecule has 1 saturated heterocycles. The number of allylic oxidation sites excluding steroid dienone is 3. The smallest absolute Gasteiger partial charge is 0.320 e. The largest absolute Gasteiger partial charge is 0.480 e. The van der Waals surface area contributed by atoms with E-state index in [0.717, 1.165) is 5.57 Å². The lowest BCUT2D eigenvalue weighted by molar-refractivity contribution is -0.139. The Morgan fingerprint density at radius 1 is 1.65 bits per heavy atom. The first-order valence-corrected chi connectivity index (χ1v) is 5.69. The second-order valence-electron chi connectivity index (χ2n) is 3.93. The van der Waals surface area contributed by atoms with Crippen molar-refractivity contribution in [2.24, 2.45) is 0 Å². The van der Waals surface area contributed by atoms with Crippen molar-refractivity contribution in [2.75, 3.05) is 13.2 Å². The van der Waals surface area contributed by atoms with Crippen molar-refractivity contribution in [3.05, 3.63) is 36.5 Å². The Balaban J connectivity index is 2.34. The first-order valence-electron chi connectivity index (χ1n) is 5.69. The van der Waals surface area contributed by atoms with Gasteiger partial charge in [-0.25, -0.2) is 0 Å². The van der Waals surface area contributed by atoms with Crippen LogP contribution in [0.4, 0.5) is 0 Å². The topological polar surface area (TPSA) is 58.6 Å². The monoisotopic (exact) mass is 237 g/mol. The van der Waals surface area contributed by atoms with Crippen molar-refractivity contribution in [3.8, 4) is 0 Å². The molecule has 0 bridgehead atoms. The van der Waals surface area contributed by atoms with Crippen LogP contribution in [-0.4, -0.2) is 36.4 Å². The van der Waals surface area contributed by atoms with E-state index in [-0.39, 0.29) is 6.10 Å². The van der Waals surface area contributed by atoms with Crippen molar-refractivity contribution in [1.29, 1.82) is 0 Å². The van der Waals surface area contributed by atoms with Gasteiger partial charge in [0.05, 0.1) is 12.7 Å². The molecule has 0 spiro atoms. The van der Waals surface area contributed by atoms with Crippen molar-refractivity contribution >= 4 is 5.97 Å². The van der Waals surface area contributed by atoms with Gasteiger partial charge in [0.2, 0.25) is 0 Å². The second kappa shape index (κ2) is 7.04. The summed E-state index contributed by atoms with van der Waals surface area (Å²) in [4.78, 5) is 10.7. The molecule has 0 aromatic heterocycles. The van der Waals surface area contributed by atoms with E-state index in [2.05, 4.69) is 11.9 Å². The van der Waals surface area contributed by atoms with E-state index in [0.29, 0.717) is 19.6 Å². The second-order valence-corrected chi connectivity index (χ2v) is 3.93. The molecule has 2 N–H and O–H groups in total. The lowest BCUT2D eigenvalue weighted by atomic mass is 10.2. The summed E-state index contributed by atoms with van der Waals surface area (Å²) in [7, 11) is 0. The molecule has 0 amide bonds. The van der Waals surface area contributed by atoms with Crippen LogP contribution in [0.15, 0.2) is 36.5 Å². The Bertz CT molecular complexity index is 334. The zero-order valence-electron chi connectivity index (χ0n) is 10.1. The summed E-state index contributed by atoms with van der Waals surface area (Å²) < 4.78 is 5.65. The molecule has 1 aliphatic rings. The van der Waals surface area contributed by atoms with Gasteiger partial charge < -0.3 is 15.2 Å². The Hall–Kier alpha value is -1.39. The molecule has 1 heterocycles. The number of hydrogen-bond donors (Lipinski definition) is 2. The van der Waals surface area contributed by atoms with Crippen LogP contribution in [0.2, 0.25) is 0 Å². The highest BCUT2D eigenvalue weighted by Crippen LogP contribution is 2.12. The summed E-state index contributed by atoms with van der Waals surface area (Å²) in [6, 6.07) is -0.474. The van der Waals surface area contributed by atoms with Crippen molar-refractivity contribution in [1.82, 2.24) is 5.32 Å². The summed E-state index contributed by atoms with van der Waals surface area (Å²) in [5.41, 5.74) is 1.06. The van der Waals surface area contributed by atoms with Crippen LogP contribution in [0, 0.1) is 0 Å². The van der Waals surface area contributed by atoms with Crippen LogP contribution < -0.4 is 5.32 Å². The molecular weight excluding hydrogens is 218 g/mol. The number of aliphatic carboxylic acids is 1. The molecule has 0 saturated carbocycles. The highest BCUT2D eigenvalue weighted by molar-refractivity contribution is 5.73. The number of rotatable bonds is 6. The fraction of sp³-hybridized carbons (Fsp3) is 0.462. The van der Waals surface area contributed by atoms with Gasteiger partial charge in [-0.15, -0.1) is 0 Å². The lowest BCUT2D eigenvalue weighted by Crippen LogP contribution is -2.29. The van der Waals surface area contributed by atoms with Gasteiger partial charge >= 0.3 is 5.97 Å². The van der Waals surface area contributed by atoms with Gasteiger partial charge in [0.1, 0.15) is 6.04 Å². The highest BCUT2D eigenvalue weighted by Gasteiger charge is 2.29. The number of hydrogen-bond acceptors (Lipinski definition) is 3. The minimum Gasteiger partial charge on any atom is -0.480 e. The fourth-order valence-electron chi connectivity index (χ4n) is 1.65. The molecule has 4 nitrogen and oxygen atoms in total. The predicted octanol–water partition coefficient (Wildman–Crippen LogP) is 1.51. The SMILES string of the molecule is C=C/C=C\C(=C/C)CO[C@H]1CN[C@H](C(=O)O)C1. The van der Waals surface area contributed by atoms with Crippen LogP contribution in [0.25, 0.3) is 0 Å². The van der Waals surface area contributed by atoms with Crippen LogP contribution in [-0.2, 0) is 9.53 Å². The number of carboxylic acid groups (broad SMARTS) is 1. The van der Waals surface area contributed by atoms with E-state index in [1.165, 1.54) is 0 Å². The Labute approximate surface area is 102 Å². The zero-order chi connectivity index (χ0) is 12.7. The van der Waals surface area contributed by atoms with E-state index in [4.69, 9.17) is 9.84 Å². The first kappa shape index (κ1) is 13.7. The first-order chi connectivity index (χ1) is 8.17. The van der Waals surface area contributed by atoms with Crippen LogP contribution in [0.1, 0.15) is 13.3 Å². The van der Waals surface area contributed by atoms with E-state index in [1.54, 1.807) is 6.08 Å². The van der Waals surface area contributed by atoms with E-state index < -0.39 is 12.0 Å². The molecule has 1 rings (SSSR count). The Morgan fingerprint density at radius 3 is 2.94 bits per heavy atom. The molecule has 94 valence electrons. The van der Waals surface area contributed by atoms with E-state index in [1.807, 2.05) is 25.2 Å². The normalized spacial score (nSPS) is 25.4. The Kier molecular flexibility index (Phi) is 5.66. The van der Waals surface area contributed by atoms with Gasteiger partial charge in [0, 0.05) is 13.0 Å².